The summed E-state index contributed by atoms with van der Waals surface area (Å²) < 4.78 is 0. The van der Waals surface area contributed by atoms with Gasteiger partial charge in [-0.05, 0) is 48.7 Å². The van der Waals surface area contributed by atoms with Gasteiger partial charge < -0.3 is 10.2 Å². The number of nitrogens with zero attached hydrogens (tertiary/aromatic N) is 3. The number of aromatic hydroxyl groups is 1. The highest BCUT2D eigenvalue weighted by molar-refractivity contribution is 5.92. The van der Waals surface area contributed by atoms with Crippen molar-refractivity contribution in [2.24, 2.45) is 0 Å². The van der Waals surface area contributed by atoms with Gasteiger partial charge in [-0.25, -0.2) is 4.79 Å². The number of rotatable bonds is 5. The first-order valence-corrected chi connectivity index (χ1v) is 7.51. The van der Waals surface area contributed by atoms with E-state index in [2.05, 4.69) is 17.1 Å². The highest BCUT2D eigenvalue weighted by atomic mass is 16.4. The lowest BCUT2D eigenvalue weighted by atomic mass is 10.1. The molecule has 6 heteroatoms. The van der Waals surface area contributed by atoms with Crippen LogP contribution in [0.2, 0.25) is 0 Å². The van der Waals surface area contributed by atoms with Crippen LogP contribution >= 0.6 is 0 Å². The molecule has 1 aromatic heterocycles. The topological polar surface area (TPSA) is 88.2 Å². The number of aromatic carboxylic acids is 1. The molecular formula is C17H17N3O3. The number of hydrogen-bond acceptors (Lipinski definition) is 4. The molecule has 2 N–H and O–H groups in total. The molecule has 0 fully saturated rings. The van der Waals surface area contributed by atoms with Crippen LogP contribution in [0.25, 0.3) is 16.7 Å². The largest absolute Gasteiger partial charge is 0.506 e. The van der Waals surface area contributed by atoms with E-state index >= 15 is 0 Å². The van der Waals surface area contributed by atoms with Gasteiger partial charge in [-0.3, -0.25) is 0 Å². The summed E-state index contributed by atoms with van der Waals surface area (Å²) in [7, 11) is 0. The summed E-state index contributed by atoms with van der Waals surface area (Å²) in [5, 5.41) is 27.7. The summed E-state index contributed by atoms with van der Waals surface area (Å²) in [6.45, 7) is 2.13. The molecular weight excluding hydrogens is 294 g/mol. The second kappa shape index (κ2) is 6.08. The summed E-state index contributed by atoms with van der Waals surface area (Å²) in [5.74, 6) is -0.921. The monoisotopic (exact) mass is 311 g/mol. The van der Waals surface area contributed by atoms with Gasteiger partial charge in [-0.15, -0.1) is 15.0 Å². The number of phenols is 1. The lowest BCUT2D eigenvalue weighted by Crippen LogP contribution is -2.00. The van der Waals surface area contributed by atoms with Crippen LogP contribution in [0.5, 0.6) is 5.75 Å². The average Bonchev–Trinajstić information content (AvgIpc) is 2.96. The van der Waals surface area contributed by atoms with Crippen molar-refractivity contribution in [3.05, 3.63) is 47.5 Å². The van der Waals surface area contributed by atoms with E-state index in [4.69, 9.17) is 5.11 Å². The van der Waals surface area contributed by atoms with Crippen LogP contribution in [0.15, 0.2) is 36.4 Å². The van der Waals surface area contributed by atoms with E-state index in [1.54, 1.807) is 12.1 Å². The molecule has 0 unspecified atom stereocenters. The Kier molecular flexibility index (Phi) is 3.97. The fourth-order valence-electron chi connectivity index (χ4n) is 2.42. The maximum atomic E-state index is 11.0. The Morgan fingerprint density at radius 1 is 1.13 bits per heavy atom. The quantitative estimate of drug-likeness (QED) is 0.755. The molecule has 0 amide bonds. The first-order valence-electron chi connectivity index (χ1n) is 7.51. The molecule has 6 nitrogen and oxygen atoms in total. The number of phenolic OH excluding ortho intramolecular Hbond substituents is 1. The molecule has 23 heavy (non-hydrogen) atoms. The van der Waals surface area contributed by atoms with Crippen molar-refractivity contribution >= 4 is 17.0 Å². The van der Waals surface area contributed by atoms with Gasteiger partial charge in [0.15, 0.2) is 0 Å². The Bertz CT molecular complexity index is 871. The molecule has 3 aromatic rings. The van der Waals surface area contributed by atoms with Crippen molar-refractivity contribution in [1.82, 2.24) is 15.0 Å². The van der Waals surface area contributed by atoms with Crippen molar-refractivity contribution in [3.63, 3.8) is 0 Å². The first-order chi connectivity index (χ1) is 11.1. The number of aromatic nitrogens is 3. The van der Waals surface area contributed by atoms with Crippen molar-refractivity contribution in [2.75, 3.05) is 0 Å². The van der Waals surface area contributed by atoms with Crippen LogP contribution in [0, 0.1) is 0 Å². The minimum Gasteiger partial charge on any atom is -0.506 e. The van der Waals surface area contributed by atoms with Gasteiger partial charge in [0.1, 0.15) is 22.5 Å². The zero-order valence-electron chi connectivity index (χ0n) is 12.7. The van der Waals surface area contributed by atoms with E-state index in [1.807, 2.05) is 12.1 Å². The van der Waals surface area contributed by atoms with Crippen LogP contribution < -0.4 is 0 Å². The summed E-state index contributed by atoms with van der Waals surface area (Å²) in [6.07, 6.45) is 3.09. The Labute approximate surface area is 133 Å². The standard InChI is InChI=1S/C17H17N3O3/c1-2-3-4-11-5-8-16(21)15(9-11)20-18-13-7-6-12(17(22)23)10-14(13)19-20/h5-10,21H,2-4H2,1H3,(H,22,23). The van der Waals surface area contributed by atoms with Gasteiger partial charge in [-0.1, -0.05) is 19.4 Å². The van der Waals surface area contributed by atoms with Gasteiger partial charge in [0, 0.05) is 0 Å². The number of unbranched alkanes of at least 4 members (excludes halogenated alkanes) is 1. The average molecular weight is 311 g/mol. The molecule has 1 heterocycles. The summed E-state index contributed by atoms with van der Waals surface area (Å²) in [6, 6.07) is 9.96. The van der Waals surface area contributed by atoms with Crippen molar-refractivity contribution in [3.8, 4) is 11.4 Å². The van der Waals surface area contributed by atoms with E-state index in [9.17, 15) is 9.90 Å². The lowest BCUT2D eigenvalue weighted by molar-refractivity contribution is 0.0697. The summed E-state index contributed by atoms with van der Waals surface area (Å²) in [5.41, 5.74) is 2.81. The SMILES string of the molecule is CCCCc1ccc(O)c(-n2nc3ccc(C(=O)O)cc3n2)c1. The maximum absolute atomic E-state index is 11.0. The minimum absolute atomic E-state index is 0.0870. The minimum atomic E-state index is -1.01. The van der Waals surface area contributed by atoms with E-state index in [0.717, 1.165) is 24.8 Å². The third-order valence-electron chi connectivity index (χ3n) is 3.70. The predicted molar refractivity (Wildman–Crippen MR) is 86.1 cm³/mol. The van der Waals surface area contributed by atoms with Crippen LogP contribution in [0.3, 0.4) is 0 Å². The Balaban J connectivity index is 2.03. The number of carboxylic acid groups (broad SMARTS) is 1. The van der Waals surface area contributed by atoms with Crippen LogP contribution in [-0.4, -0.2) is 31.2 Å². The zero-order chi connectivity index (χ0) is 16.4. The highest BCUT2D eigenvalue weighted by Crippen LogP contribution is 2.24. The van der Waals surface area contributed by atoms with Crippen molar-refractivity contribution < 1.29 is 15.0 Å². The fraction of sp³-hybridized carbons (Fsp3) is 0.235. The molecule has 0 bridgehead atoms. The van der Waals surface area contributed by atoms with Gasteiger partial charge in [-0.2, -0.15) is 0 Å². The number of carboxylic acids is 1. The first kappa shape index (κ1) is 15.0. The van der Waals surface area contributed by atoms with Gasteiger partial charge in [0.05, 0.1) is 5.56 Å². The Morgan fingerprint density at radius 3 is 2.65 bits per heavy atom. The lowest BCUT2D eigenvalue weighted by Gasteiger charge is -2.06. The summed E-state index contributed by atoms with van der Waals surface area (Å²) >= 11 is 0. The van der Waals surface area contributed by atoms with Crippen LogP contribution in [0.1, 0.15) is 35.7 Å². The number of fused-ring (bicyclic) bond motifs is 1. The second-order valence-electron chi connectivity index (χ2n) is 5.42. The molecule has 118 valence electrons. The summed E-state index contributed by atoms with van der Waals surface area (Å²) in [4.78, 5) is 12.4. The number of aryl methyl sites for hydroxylation is 1. The smallest absolute Gasteiger partial charge is 0.335 e. The number of carbonyl (C=O) groups is 1. The van der Waals surface area contributed by atoms with Crippen molar-refractivity contribution in [1.29, 1.82) is 0 Å². The zero-order valence-corrected chi connectivity index (χ0v) is 12.7. The second-order valence-corrected chi connectivity index (χ2v) is 5.42. The third kappa shape index (κ3) is 3.01. The Hall–Kier alpha value is -2.89. The van der Waals surface area contributed by atoms with Gasteiger partial charge >= 0.3 is 5.97 Å². The van der Waals surface area contributed by atoms with E-state index in [0.29, 0.717) is 16.7 Å². The molecule has 0 atom stereocenters. The van der Waals surface area contributed by atoms with E-state index < -0.39 is 5.97 Å². The molecule has 0 aliphatic carbocycles. The highest BCUT2D eigenvalue weighted by Gasteiger charge is 2.12. The fourth-order valence-corrected chi connectivity index (χ4v) is 2.42. The molecule has 0 spiro atoms. The molecule has 0 saturated heterocycles. The van der Waals surface area contributed by atoms with Crippen molar-refractivity contribution in [2.45, 2.75) is 26.2 Å². The van der Waals surface area contributed by atoms with Crippen LogP contribution in [0.4, 0.5) is 0 Å². The predicted octanol–water partition coefficient (Wildman–Crippen LogP) is 3.17. The number of hydrogen-bond donors (Lipinski definition) is 2. The molecule has 0 aliphatic rings. The number of benzene rings is 2. The van der Waals surface area contributed by atoms with E-state index in [1.165, 1.54) is 16.9 Å². The molecule has 0 aliphatic heterocycles. The van der Waals surface area contributed by atoms with Crippen LogP contribution in [-0.2, 0) is 6.42 Å². The van der Waals surface area contributed by atoms with E-state index in [-0.39, 0.29) is 11.3 Å². The van der Waals surface area contributed by atoms with Gasteiger partial charge in [0.2, 0.25) is 0 Å². The molecule has 0 radical (unpaired) electrons. The Morgan fingerprint density at radius 2 is 1.91 bits per heavy atom. The third-order valence-corrected chi connectivity index (χ3v) is 3.70. The normalized spacial score (nSPS) is 11.0. The maximum Gasteiger partial charge on any atom is 0.335 e. The molecule has 3 rings (SSSR count). The molecule has 2 aromatic carbocycles. The van der Waals surface area contributed by atoms with Gasteiger partial charge in [0.25, 0.3) is 0 Å². The molecule has 0 saturated carbocycles.